The van der Waals surface area contributed by atoms with Crippen LogP contribution in [-0.4, -0.2) is 43.0 Å². The smallest absolute Gasteiger partial charge is 0.227 e. The van der Waals surface area contributed by atoms with Crippen molar-refractivity contribution in [2.75, 3.05) is 18.0 Å². The average molecular weight is 320 g/mol. The minimum atomic E-state index is 0. The van der Waals surface area contributed by atoms with Crippen LogP contribution in [0.3, 0.4) is 0 Å². The molecule has 0 atom stereocenters. The number of fused-ring (bicyclic) bond motifs is 1. The molecule has 0 unspecified atom stereocenters. The van der Waals surface area contributed by atoms with Gasteiger partial charge in [0.15, 0.2) is 5.65 Å². The van der Waals surface area contributed by atoms with E-state index in [-0.39, 0.29) is 12.4 Å². The molecule has 0 saturated carbocycles. The quantitative estimate of drug-likeness (QED) is 0.798. The number of halogens is 1. The van der Waals surface area contributed by atoms with Gasteiger partial charge in [0.1, 0.15) is 0 Å². The van der Waals surface area contributed by atoms with Gasteiger partial charge in [-0.05, 0) is 24.8 Å². The maximum Gasteiger partial charge on any atom is 0.227 e. The number of rotatable bonds is 3. The summed E-state index contributed by atoms with van der Waals surface area (Å²) in [6, 6.07) is 1.97. The van der Waals surface area contributed by atoms with Crippen LogP contribution in [-0.2, 0) is 6.54 Å². The molecule has 7 nitrogen and oxygen atoms in total. The monoisotopic (exact) mass is 319 g/mol. The van der Waals surface area contributed by atoms with E-state index in [1.165, 1.54) is 0 Å². The van der Waals surface area contributed by atoms with E-state index in [2.05, 4.69) is 30.2 Å². The summed E-state index contributed by atoms with van der Waals surface area (Å²) in [6.45, 7) is 2.98. The van der Waals surface area contributed by atoms with Crippen LogP contribution in [0.2, 0.25) is 0 Å². The average Bonchev–Trinajstić information content (AvgIpc) is 3.18. The van der Waals surface area contributed by atoms with Crippen LogP contribution >= 0.6 is 12.4 Å². The Morgan fingerprint density at radius 2 is 2.09 bits per heavy atom. The first-order valence-electron chi connectivity index (χ1n) is 7.27. The van der Waals surface area contributed by atoms with E-state index in [1.807, 2.05) is 29.3 Å². The van der Waals surface area contributed by atoms with Gasteiger partial charge < -0.3 is 4.90 Å². The molecule has 1 saturated heterocycles. The molecule has 8 heteroatoms. The molecule has 22 heavy (non-hydrogen) atoms. The fourth-order valence-electron chi connectivity index (χ4n) is 2.87. The minimum absolute atomic E-state index is 0. The molecule has 1 aliphatic heterocycles. The standard InChI is InChI=1S/C14H17N7.ClH/c1-4-17-21(5-1)10-11-2-6-20(7-3-11)14-15-8-12-9-16-19-13(12)18-14;/h1,4-5,8-9,11H,2-3,6-7,10H2,(H,15,16,18,19);1H. The third-order valence-electron chi connectivity index (χ3n) is 4.08. The van der Waals surface area contributed by atoms with Crippen molar-refractivity contribution in [1.82, 2.24) is 29.9 Å². The Bertz CT molecular complexity index is 716. The van der Waals surface area contributed by atoms with Gasteiger partial charge in [0.25, 0.3) is 0 Å². The maximum absolute atomic E-state index is 4.54. The number of aromatic nitrogens is 6. The Morgan fingerprint density at radius 3 is 2.86 bits per heavy atom. The molecule has 4 rings (SSSR count). The fourth-order valence-corrected chi connectivity index (χ4v) is 2.87. The lowest BCUT2D eigenvalue weighted by molar-refractivity contribution is 0.341. The second kappa shape index (κ2) is 6.31. The van der Waals surface area contributed by atoms with E-state index in [9.17, 15) is 0 Å². The number of anilines is 1. The molecule has 1 aliphatic rings. The predicted molar refractivity (Wildman–Crippen MR) is 86.1 cm³/mol. The zero-order valence-electron chi connectivity index (χ0n) is 12.1. The maximum atomic E-state index is 4.54. The Kier molecular flexibility index (Phi) is 4.24. The first-order valence-corrected chi connectivity index (χ1v) is 7.27. The lowest BCUT2D eigenvalue weighted by Crippen LogP contribution is -2.36. The molecule has 116 valence electrons. The number of H-pyrrole nitrogens is 1. The highest BCUT2D eigenvalue weighted by Crippen LogP contribution is 2.22. The van der Waals surface area contributed by atoms with E-state index >= 15 is 0 Å². The Hall–Kier alpha value is -2.15. The van der Waals surface area contributed by atoms with E-state index in [1.54, 1.807) is 6.20 Å². The molecule has 0 aliphatic carbocycles. The van der Waals surface area contributed by atoms with Crippen molar-refractivity contribution in [3.63, 3.8) is 0 Å². The molecule has 0 amide bonds. The van der Waals surface area contributed by atoms with Gasteiger partial charge in [0.2, 0.25) is 5.95 Å². The summed E-state index contributed by atoms with van der Waals surface area (Å²) in [6.07, 6.45) is 9.73. The first kappa shape index (κ1) is 14.8. The molecule has 4 heterocycles. The molecular weight excluding hydrogens is 302 g/mol. The predicted octanol–water partition coefficient (Wildman–Crippen LogP) is 1.89. The van der Waals surface area contributed by atoms with Crippen LogP contribution in [0.15, 0.2) is 30.9 Å². The number of hydrogen-bond donors (Lipinski definition) is 1. The second-order valence-electron chi connectivity index (χ2n) is 5.50. The van der Waals surface area contributed by atoms with Gasteiger partial charge in [0.05, 0.1) is 11.6 Å². The van der Waals surface area contributed by atoms with E-state index in [4.69, 9.17) is 0 Å². The van der Waals surface area contributed by atoms with Crippen molar-refractivity contribution < 1.29 is 0 Å². The summed E-state index contributed by atoms with van der Waals surface area (Å²) < 4.78 is 2.02. The zero-order valence-corrected chi connectivity index (χ0v) is 12.9. The van der Waals surface area contributed by atoms with Gasteiger partial charge in [-0.1, -0.05) is 0 Å². The molecule has 1 fully saturated rings. The molecule has 0 bridgehead atoms. The van der Waals surface area contributed by atoms with Gasteiger partial charge in [0, 0.05) is 38.2 Å². The third-order valence-corrected chi connectivity index (χ3v) is 4.08. The SMILES string of the molecule is Cl.c1cnn(CC2CCN(c3ncc4cn[nH]c4n3)CC2)c1. The van der Waals surface area contributed by atoms with Crippen LogP contribution < -0.4 is 4.90 Å². The second-order valence-corrected chi connectivity index (χ2v) is 5.50. The van der Waals surface area contributed by atoms with Crippen molar-refractivity contribution >= 4 is 29.4 Å². The number of hydrogen-bond acceptors (Lipinski definition) is 5. The summed E-state index contributed by atoms with van der Waals surface area (Å²) in [4.78, 5) is 11.2. The van der Waals surface area contributed by atoms with E-state index in [0.29, 0.717) is 5.92 Å². The summed E-state index contributed by atoms with van der Waals surface area (Å²) >= 11 is 0. The van der Waals surface area contributed by atoms with Crippen molar-refractivity contribution in [2.24, 2.45) is 5.92 Å². The molecular formula is C14H18ClN7. The highest BCUT2D eigenvalue weighted by Gasteiger charge is 2.21. The van der Waals surface area contributed by atoms with Crippen LogP contribution in [0.1, 0.15) is 12.8 Å². The van der Waals surface area contributed by atoms with Crippen LogP contribution in [0.5, 0.6) is 0 Å². The summed E-state index contributed by atoms with van der Waals surface area (Å²) in [7, 11) is 0. The fraction of sp³-hybridized carbons (Fsp3) is 0.429. The van der Waals surface area contributed by atoms with E-state index in [0.717, 1.165) is 49.5 Å². The number of nitrogens with one attached hydrogen (secondary N) is 1. The van der Waals surface area contributed by atoms with Gasteiger partial charge in [-0.25, -0.2) is 4.98 Å². The van der Waals surface area contributed by atoms with Gasteiger partial charge in [-0.2, -0.15) is 15.2 Å². The van der Waals surface area contributed by atoms with Crippen LogP contribution in [0.25, 0.3) is 11.0 Å². The van der Waals surface area contributed by atoms with Gasteiger partial charge in [-0.15, -0.1) is 12.4 Å². The van der Waals surface area contributed by atoms with Crippen molar-refractivity contribution in [1.29, 1.82) is 0 Å². The normalized spacial score (nSPS) is 15.9. The highest BCUT2D eigenvalue weighted by atomic mass is 35.5. The van der Waals surface area contributed by atoms with Crippen molar-refractivity contribution in [2.45, 2.75) is 19.4 Å². The molecule has 0 spiro atoms. The Balaban J connectivity index is 0.00000144. The lowest BCUT2D eigenvalue weighted by atomic mass is 9.97. The van der Waals surface area contributed by atoms with Gasteiger partial charge >= 0.3 is 0 Å². The molecule has 0 aromatic carbocycles. The zero-order chi connectivity index (χ0) is 14.1. The summed E-state index contributed by atoms with van der Waals surface area (Å²) in [5, 5.41) is 12.1. The van der Waals surface area contributed by atoms with E-state index < -0.39 is 0 Å². The van der Waals surface area contributed by atoms with Crippen LogP contribution in [0.4, 0.5) is 5.95 Å². The van der Waals surface area contributed by atoms with Gasteiger partial charge in [-0.3, -0.25) is 9.78 Å². The third kappa shape index (κ3) is 2.89. The number of nitrogens with zero attached hydrogens (tertiary/aromatic N) is 6. The summed E-state index contributed by atoms with van der Waals surface area (Å²) in [5.74, 6) is 1.47. The molecule has 3 aromatic heterocycles. The molecule has 3 aromatic rings. The lowest BCUT2D eigenvalue weighted by Gasteiger charge is -2.31. The first-order chi connectivity index (χ1) is 10.4. The van der Waals surface area contributed by atoms with Crippen molar-refractivity contribution in [3.05, 3.63) is 30.9 Å². The van der Waals surface area contributed by atoms with Crippen LogP contribution in [0, 0.1) is 5.92 Å². The highest BCUT2D eigenvalue weighted by molar-refractivity contribution is 5.85. The number of piperidine rings is 1. The largest absolute Gasteiger partial charge is 0.341 e. The topological polar surface area (TPSA) is 75.5 Å². The molecule has 0 radical (unpaired) electrons. The molecule has 1 N–H and O–H groups in total. The Morgan fingerprint density at radius 1 is 1.23 bits per heavy atom. The Labute approximate surface area is 134 Å². The van der Waals surface area contributed by atoms with Crippen molar-refractivity contribution in [3.8, 4) is 0 Å². The minimum Gasteiger partial charge on any atom is -0.341 e. The number of aromatic amines is 1. The summed E-state index contributed by atoms with van der Waals surface area (Å²) in [5.41, 5.74) is 0.804.